The van der Waals surface area contributed by atoms with Gasteiger partial charge in [-0.25, -0.2) is 13.8 Å². The molecule has 1 fully saturated rings. The largest absolute Gasteiger partial charge is 0.449 e. The van der Waals surface area contributed by atoms with Gasteiger partial charge < -0.3 is 9.40 Å². The number of aromatic amines is 1. The molecule has 0 radical (unpaired) electrons. The Kier molecular flexibility index (Phi) is 3.69. The fraction of sp³-hybridized carbons (Fsp3) is 0.375. The van der Waals surface area contributed by atoms with Gasteiger partial charge in [0.15, 0.2) is 0 Å². The number of halogens is 3. The predicted octanol–water partition coefficient (Wildman–Crippen LogP) is 3.66. The number of H-pyrrole nitrogens is 1. The Morgan fingerprint density at radius 1 is 1.33 bits per heavy atom. The number of likely N-dealkylation sites (tertiary alicyclic amines) is 1. The first-order chi connectivity index (χ1) is 11.4. The fourth-order valence-corrected chi connectivity index (χ4v) is 3.36. The summed E-state index contributed by atoms with van der Waals surface area (Å²) in [6, 6.07) is 5.44. The molecular formula is C16H14BrF2N3O2. The highest BCUT2D eigenvalue weighted by atomic mass is 79.9. The lowest BCUT2D eigenvalue weighted by Crippen LogP contribution is -2.39. The van der Waals surface area contributed by atoms with Crippen molar-refractivity contribution >= 4 is 38.0 Å². The molecule has 1 aromatic carbocycles. The molecule has 0 amide bonds. The molecule has 5 nitrogen and oxygen atoms in total. The molecule has 0 aliphatic carbocycles. The summed E-state index contributed by atoms with van der Waals surface area (Å²) in [6.45, 7) is 0.904. The van der Waals surface area contributed by atoms with Crippen molar-refractivity contribution in [1.82, 2.24) is 14.9 Å². The molecule has 1 aliphatic rings. The third-order valence-electron chi connectivity index (χ3n) is 4.30. The van der Waals surface area contributed by atoms with Gasteiger partial charge in [-0.3, -0.25) is 9.69 Å². The Bertz CT molecular complexity index is 973. The molecule has 0 saturated carbocycles. The Morgan fingerprint density at radius 2 is 2.08 bits per heavy atom. The number of alkyl halides is 2. The van der Waals surface area contributed by atoms with Crippen molar-refractivity contribution in [3.8, 4) is 0 Å². The Morgan fingerprint density at radius 3 is 2.83 bits per heavy atom. The minimum Gasteiger partial charge on any atom is -0.449 e. The van der Waals surface area contributed by atoms with Gasteiger partial charge in [0, 0.05) is 35.8 Å². The number of rotatable bonds is 2. The van der Waals surface area contributed by atoms with Crippen molar-refractivity contribution < 1.29 is 13.2 Å². The first kappa shape index (κ1) is 15.7. The number of piperidine rings is 1. The lowest BCUT2D eigenvalue weighted by atomic mass is 10.1. The lowest BCUT2D eigenvalue weighted by molar-refractivity contribution is -0.0570. The van der Waals surface area contributed by atoms with Crippen molar-refractivity contribution in [2.24, 2.45) is 0 Å². The van der Waals surface area contributed by atoms with Crippen molar-refractivity contribution in [2.45, 2.75) is 25.3 Å². The first-order valence-electron chi connectivity index (χ1n) is 7.62. The standard InChI is InChI=1S/C16H14BrF2N3O2/c17-9-1-2-11-10(7-9)13-14(24-11)15(23)21-12(20-13)8-22-5-3-16(18,19)4-6-22/h1-2,7H,3-6,8H2,(H,20,21,23). The Hall–Kier alpha value is -1.80. The summed E-state index contributed by atoms with van der Waals surface area (Å²) in [5.41, 5.74) is 0.898. The maximum absolute atomic E-state index is 13.2. The van der Waals surface area contributed by atoms with E-state index in [4.69, 9.17) is 4.42 Å². The van der Waals surface area contributed by atoms with E-state index in [1.807, 2.05) is 17.0 Å². The summed E-state index contributed by atoms with van der Waals surface area (Å²) < 4.78 is 32.9. The first-order valence-corrected chi connectivity index (χ1v) is 8.42. The van der Waals surface area contributed by atoms with Gasteiger partial charge >= 0.3 is 0 Å². The van der Waals surface area contributed by atoms with Gasteiger partial charge in [0.25, 0.3) is 11.5 Å². The van der Waals surface area contributed by atoms with E-state index in [1.165, 1.54) is 0 Å². The van der Waals surface area contributed by atoms with Gasteiger partial charge in [-0.1, -0.05) is 15.9 Å². The van der Waals surface area contributed by atoms with E-state index in [-0.39, 0.29) is 37.1 Å². The van der Waals surface area contributed by atoms with Crippen LogP contribution in [-0.2, 0) is 6.54 Å². The molecule has 2 aromatic heterocycles. The second-order valence-electron chi connectivity index (χ2n) is 6.06. The van der Waals surface area contributed by atoms with Gasteiger partial charge in [-0.05, 0) is 18.2 Å². The number of aromatic nitrogens is 2. The van der Waals surface area contributed by atoms with Crippen LogP contribution in [0.1, 0.15) is 18.7 Å². The molecule has 1 aliphatic heterocycles. The normalized spacial score (nSPS) is 18.5. The van der Waals surface area contributed by atoms with Crippen LogP contribution < -0.4 is 5.56 Å². The number of nitrogens with one attached hydrogen (secondary N) is 1. The Labute approximate surface area is 143 Å². The van der Waals surface area contributed by atoms with Crippen molar-refractivity contribution in [3.63, 3.8) is 0 Å². The van der Waals surface area contributed by atoms with Crippen LogP contribution in [0.3, 0.4) is 0 Å². The van der Waals surface area contributed by atoms with E-state index in [0.29, 0.717) is 23.5 Å². The summed E-state index contributed by atoms with van der Waals surface area (Å²) in [6.07, 6.45) is -0.331. The lowest BCUT2D eigenvalue weighted by Gasteiger charge is -2.31. The zero-order valence-corrected chi connectivity index (χ0v) is 14.2. The highest BCUT2D eigenvalue weighted by Gasteiger charge is 2.34. The predicted molar refractivity (Wildman–Crippen MR) is 89.3 cm³/mol. The van der Waals surface area contributed by atoms with Crippen LogP contribution in [0.4, 0.5) is 8.78 Å². The van der Waals surface area contributed by atoms with Crippen molar-refractivity contribution in [2.75, 3.05) is 13.1 Å². The highest BCUT2D eigenvalue weighted by molar-refractivity contribution is 9.10. The number of hydrogen-bond acceptors (Lipinski definition) is 4. The SMILES string of the molecule is O=c1[nH]c(CN2CCC(F)(F)CC2)nc2c1oc1ccc(Br)cc12. The van der Waals surface area contributed by atoms with Gasteiger partial charge in [-0.2, -0.15) is 0 Å². The van der Waals surface area contributed by atoms with Crippen LogP contribution in [0.25, 0.3) is 22.1 Å². The van der Waals surface area contributed by atoms with E-state index in [0.717, 1.165) is 9.86 Å². The third-order valence-corrected chi connectivity index (χ3v) is 4.79. The molecule has 0 spiro atoms. The third kappa shape index (κ3) is 2.84. The molecule has 1 saturated heterocycles. The van der Waals surface area contributed by atoms with Crippen LogP contribution in [-0.4, -0.2) is 33.9 Å². The van der Waals surface area contributed by atoms with E-state index >= 15 is 0 Å². The molecule has 0 bridgehead atoms. The van der Waals surface area contributed by atoms with Crippen LogP contribution >= 0.6 is 15.9 Å². The van der Waals surface area contributed by atoms with E-state index < -0.39 is 5.92 Å². The van der Waals surface area contributed by atoms with Gasteiger partial charge in [-0.15, -0.1) is 0 Å². The molecule has 126 valence electrons. The van der Waals surface area contributed by atoms with E-state index in [9.17, 15) is 13.6 Å². The molecule has 0 atom stereocenters. The zero-order chi connectivity index (χ0) is 16.9. The minimum absolute atomic E-state index is 0.166. The van der Waals surface area contributed by atoms with E-state index in [1.54, 1.807) is 6.07 Å². The zero-order valence-electron chi connectivity index (χ0n) is 12.6. The molecule has 1 N–H and O–H groups in total. The molecule has 3 aromatic rings. The summed E-state index contributed by atoms with van der Waals surface area (Å²) >= 11 is 3.40. The molecule has 8 heteroatoms. The van der Waals surface area contributed by atoms with Crippen LogP contribution in [0.15, 0.2) is 31.9 Å². The number of fused-ring (bicyclic) bond motifs is 3. The summed E-state index contributed by atoms with van der Waals surface area (Å²) in [4.78, 5) is 21.3. The van der Waals surface area contributed by atoms with Gasteiger partial charge in [0.05, 0.1) is 6.54 Å². The number of benzene rings is 1. The topological polar surface area (TPSA) is 62.1 Å². The van der Waals surface area contributed by atoms with E-state index in [2.05, 4.69) is 25.9 Å². The molecular weight excluding hydrogens is 384 g/mol. The molecule has 3 heterocycles. The van der Waals surface area contributed by atoms with Crippen LogP contribution in [0.2, 0.25) is 0 Å². The minimum atomic E-state index is -2.59. The van der Waals surface area contributed by atoms with Crippen LogP contribution in [0, 0.1) is 0 Å². The van der Waals surface area contributed by atoms with Crippen LogP contribution in [0.5, 0.6) is 0 Å². The smallest absolute Gasteiger partial charge is 0.294 e. The maximum atomic E-state index is 13.2. The average Bonchev–Trinajstić information content (AvgIpc) is 2.88. The van der Waals surface area contributed by atoms with Crippen molar-refractivity contribution in [3.05, 3.63) is 38.9 Å². The quantitative estimate of drug-likeness (QED) is 0.716. The average molecular weight is 398 g/mol. The number of hydrogen-bond donors (Lipinski definition) is 1. The highest BCUT2D eigenvalue weighted by Crippen LogP contribution is 2.29. The monoisotopic (exact) mass is 397 g/mol. The Balaban J connectivity index is 1.70. The molecule has 24 heavy (non-hydrogen) atoms. The molecule has 4 rings (SSSR count). The van der Waals surface area contributed by atoms with Gasteiger partial charge in [0.1, 0.15) is 16.9 Å². The second kappa shape index (κ2) is 5.63. The fourth-order valence-electron chi connectivity index (χ4n) is 3.00. The summed E-state index contributed by atoms with van der Waals surface area (Å²) in [5, 5.41) is 0.747. The molecule has 0 unspecified atom stereocenters. The number of furan rings is 1. The summed E-state index contributed by atoms with van der Waals surface area (Å²) in [5.74, 6) is -2.13. The maximum Gasteiger partial charge on any atom is 0.294 e. The summed E-state index contributed by atoms with van der Waals surface area (Å²) in [7, 11) is 0. The number of nitrogens with zero attached hydrogens (tertiary/aromatic N) is 2. The van der Waals surface area contributed by atoms with Crippen molar-refractivity contribution in [1.29, 1.82) is 0 Å². The van der Waals surface area contributed by atoms with Gasteiger partial charge in [0.2, 0.25) is 5.58 Å². The second-order valence-corrected chi connectivity index (χ2v) is 6.98.